The minimum atomic E-state index is -0.572. The maximum atomic E-state index is 9.61. The lowest BCUT2D eigenvalue weighted by Crippen LogP contribution is -2.02. The molecular weight excluding hydrogens is 232 g/mol. The fourth-order valence-electron chi connectivity index (χ4n) is 1.59. The fourth-order valence-corrected chi connectivity index (χ4v) is 1.59. The molecule has 96 valence electrons. The number of nitrogens with zero attached hydrogens (tertiary/aromatic N) is 2. The molecule has 1 unspecified atom stereocenters. The van der Waals surface area contributed by atoms with Crippen LogP contribution in [0, 0.1) is 0 Å². The SMILES string of the molecule is CCc1nc(COc2ccccc2C(C)O)no1. The molecule has 18 heavy (non-hydrogen) atoms. The van der Waals surface area contributed by atoms with Crippen molar-refractivity contribution in [1.29, 1.82) is 0 Å². The third kappa shape index (κ3) is 2.87. The maximum absolute atomic E-state index is 9.61. The molecule has 5 nitrogen and oxygen atoms in total. The van der Waals surface area contributed by atoms with Crippen LogP contribution in [0.2, 0.25) is 0 Å². The van der Waals surface area contributed by atoms with Crippen LogP contribution in [0.4, 0.5) is 0 Å². The Morgan fingerprint density at radius 2 is 2.17 bits per heavy atom. The highest BCUT2D eigenvalue weighted by atomic mass is 16.5. The van der Waals surface area contributed by atoms with Crippen molar-refractivity contribution in [2.45, 2.75) is 33.0 Å². The van der Waals surface area contributed by atoms with Crippen LogP contribution in [-0.4, -0.2) is 15.2 Å². The predicted octanol–water partition coefficient (Wildman–Crippen LogP) is 2.26. The van der Waals surface area contributed by atoms with E-state index in [1.807, 2.05) is 31.2 Å². The van der Waals surface area contributed by atoms with Gasteiger partial charge in [-0.15, -0.1) is 0 Å². The van der Waals surface area contributed by atoms with Gasteiger partial charge in [0, 0.05) is 12.0 Å². The third-order valence-corrected chi connectivity index (χ3v) is 2.54. The second-order valence-electron chi connectivity index (χ2n) is 3.96. The molecule has 2 aromatic rings. The van der Waals surface area contributed by atoms with E-state index in [9.17, 15) is 5.11 Å². The number of aliphatic hydroxyl groups excluding tert-OH is 1. The molecule has 5 heteroatoms. The first-order valence-electron chi connectivity index (χ1n) is 5.92. The van der Waals surface area contributed by atoms with Crippen LogP contribution in [0.1, 0.15) is 37.2 Å². The molecule has 0 amide bonds. The number of hydrogen-bond acceptors (Lipinski definition) is 5. The summed E-state index contributed by atoms with van der Waals surface area (Å²) >= 11 is 0. The summed E-state index contributed by atoms with van der Waals surface area (Å²) in [4.78, 5) is 4.15. The van der Waals surface area contributed by atoms with Crippen molar-refractivity contribution in [3.05, 3.63) is 41.5 Å². The summed E-state index contributed by atoms with van der Waals surface area (Å²) < 4.78 is 10.6. The van der Waals surface area contributed by atoms with Crippen LogP contribution in [0.5, 0.6) is 5.75 Å². The average Bonchev–Trinajstić information content (AvgIpc) is 2.84. The topological polar surface area (TPSA) is 68.4 Å². The van der Waals surface area contributed by atoms with Gasteiger partial charge in [0.05, 0.1) is 6.10 Å². The molecular formula is C13H16N2O3. The zero-order chi connectivity index (χ0) is 13.0. The van der Waals surface area contributed by atoms with Gasteiger partial charge in [-0.1, -0.05) is 30.3 Å². The summed E-state index contributed by atoms with van der Waals surface area (Å²) in [6.45, 7) is 3.87. The number of hydrogen-bond donors (Lipinski definition) is 1. The molecule has 0 bridgehead atoms. The molecule has 1 atom stereocenters. The van der Waals surface area contributed by atoms with E-state index in [1.54, 1.807) is 6.92 Å². The summed E-state index contributed by atoms with van der Waals surface area (Å²) in [5, 5.41) is 13.4. The number of benzene rings is 1. The molecule has 0 aliphatic heterocycles. The minimum absolute atomic E-state index is 0.229. The summed E-state index contributed by atoms with van der Waals surface area (Å²) in [5.74, 6) is 1.74. The number of rotatable bonds is 5. The van der Waals surface area contributed by atoms with E-state index in [0.29, 0.717) is 23.9 Å². The summed E-state index contributed by atoms with van der Waals surface area (Å²) in [7, 11) is 0. The molecule has 0 radical (unpaired) electrons. The first-order chi connectivity index (χ1) is 8.70. The Balaban J connectivity index is 2.05. The Morgan fingerprint density at radius 3 is 2.83 bits per heavy atom. The summed E-state index contributed by atoms with van der Waals surface area (Å²) in [6.07, 6.45) is 0.134. The Kier molecular flexibility index (Phi) is 3.94. The summed E-state index contributed by atoms with van der Waals surface area (Å²) in [6, 6.07) is 7.35. The molecule has 0 saturated carbocycles. The van der Waals surface area contributed by atoms with Crippen molar-refractivity contribution >= 4 is 0 Å². The fraction of sp³-hybridized carbons (Fsp3) is 0.385. The van der Waals surface area contributed by atoms with Gasteiger partial charge in [0.25, 0.3) is 0 Å². The smallest absolute Gasteiger partial charge is 0.226 e. The molecule has 1 aromatic carbocycles. The number of para-hydroxylation sites is 1. The van der Waals surface area contributed by atoms with Crippen LogP contribution in [-0.2, 0) is 13.0 Å². The summed E-state index contributed by atoms with van der Waals surface area (Å²) in [5.41, 5.74) is 0.747. The molecule has 0 aliphatic rings. The van der Waals surface area contributed by atoms with Gasteiger partial charge in [-0.3, -0.25) is 0 Å². The number of aryl methyl sites for hydroxylation is 1. The monoisotopic (exact) mass is 248 g/mol. The first kappa shape index (κ1) is 12.6. The lowest BCUT2D eigenvalue weighted by Gasteiger charge is -2.11. The van der Waals surface area contributed by atoms with Gasteiger partial charge in [-0.05, 0) is 13.0 Å². The van der Waals surface area contributed by atoms with E-state index in [1.165, 1.54) is 0 Å². The van der Waals surface area contributed by atoms with E-state index in [-0.39, 0.29) is 6.61 Å². The minimum Gasteiger partial charge on any atom is -0.485 e. The predicted molar refractivity (Wildman–Crippen MR) is 65.1 cm³/mol. The van der Waals surface area contributed by atoms with Crippen molar-refractivity contribution in [2.75, 3.05) is 0 Å². The van der Waals surface area contributed by atoms with Crippen molar-refractivity contribution in [3.63, 3.8) is 0 Å². The molecule has 1 aromatic heterocycles. The number of aliphatic hydroxyl groups is 1. The van der Waals surface area contributed by atoms with Crippen molar-refractivity contribution in [2.24, 2.45) is 0 Å². The van der Waals surface area contributed by atoms with Gasteiger partial charge in [0.1, 0.15) is 5.75 Å². The highest BCUT2D eigenvalue weighted by Gasteiger charge is 2.10. The number of aromatic nitrogens is 2. The lowest BCUT2D eigenvalue weighted by atomic mass is 10.1. The third-order valence-electron chi connectivity index (χ3n) is 2.54. The Labute approximate surface area is 105 Å². The second-order valence-corrected chi connectivity index (χ2v) is 3.96. The second kappa shape index (κ2) is 5.64. The molecule has 0 spiro atoms. The van der Waals surface area contributed by atoms with E-state index < -0.39 is 6.10 Å². The Bertz CT molecular complexity index is 508. The van der Waals surface area contributed by atoms with E-state index >= 15 is 0 Å². The highest BCUT2D eigenvalue weighted by molar-refractivity contribution is 5.34. The maximum Gasteiger partial charge on any atom is 0.226 e. The quantitative estimate of drug-likeness (QED) is 0.879. The zero-order valence-corrected chi connectivity index (χ0v) is 10.5. The van der Waals surface area contributed by atoms with Crippen LogP contribution >= 0.6 is 0 Å². The highest BCUT2D eigenvalue weighted by Crippen LogP contribution is 2.25. The zero-order valence-electron chi connectivity index (χ0n) is 10.5. The van der Waals surface area contributed by atoms with Gasteiger partial charge in [0.15, 0.2) is 6.61 Å². The average molecular weight is 248 g/mol. The largest absolute Gasteiger partial charge is 0.485 e. The van der Waals surface area contributed by atoms with Crippen LogP contribution in [0.15, 0.2) is 28.8 Å². The Hall–Kier alpha value is -1.88. The van der Waals surface area contributed by atoms with Crippen molar-refractivity contribution < 1.29 is 14.4 Å². The van der Waals surface area contributed by atoms with E-state index in [4.69, 9.17) is 9.26 Å². The lowest BCUT2D eigenvalue weighted by molar-refractivity contribution is 0.189. The van der Waals surface area contributed by atoms with Crippen molar-refractivity contribution in [1.82, 2.24) is 10.1 Å². The Morgan fingerprint density at radius 1 is 1.39 bits per heavy atom. The number of ether oxygens (including phenoxy) is 1. The molecule has 0 saturated heterocycles. The van der Waals surface area contributed by atoms with Gasteiger partial charge >= 0.3 is 0 Å². The van der Waals surface area contributed by atoms with Crippen LogP contribution in [0.25, 0.3) is 0 Å². The van der Waals surface area contributed by atoms with Gasteiger partial charge < -0.3 is 14.4 Å². The normalized spacial score (nSPS) is 12.4. The van der Waals surface area contributed by atoms with E-state index in [2.05, 4.69) is 10.1 Å². The standard InChI is InChI=1S/C13H16N2O3/c1-3-13-14-12(15-18-13)8-17-11-7-5-4-6-10(11)9(2)16/h4-7,9,16H,3,8H2,1-2H3. The van der Waals surface area contributed by atoms with Gasteiger partial charge in [-0.2, -0.15) is 4.98 Å². The molecule has 0 aliphatic carbocycles. The van der Waals surface area contributed by atoms with Gasteiger partial charge in [-0.25, -0.2) is 0 Å². The van der Waals surface area contributed by atoms with Crippen LogP contribution in [0.3, 0.4) is 0 Å². The molecule has 0 fully saturated rings. The van der Waals surface area contributed by atoms with Crippen molar-refractivity contribution in [3.8, 4) is 5.75 Å². The molecule has 1 heterocycles. The van der Waals surface area contributed by atoms with Crippen LogP contribution < -0.4 is 4.74 Å². The first-order valence-corrected chi connectivity index (χ1v) is 5.92. The van der Waals surface area contributed by atoms with Gasteiger partial charge in [0.2, 0.25) is 11.7 Å². The molecule has 2 rings (SSSR count). The molecule has 1 N–H and O–H groups in total. The van der Waals surface area contributed by atoms with E-state index in [0.717, 1.165) is 5.56 Å².